The van der Waals surface area contributed by atoms with Crippen LogP contribution in [-0.2, 0) is 0 Å². The average molecular weight is 344 g/mol. The number of hydrogen-bond donors (Lipinski definition) is 1. The summed E-state index contributed by atoms with van der Waals surface area (Å²) in [5.74, 6) is -0.509. The van der Waals surface area contributed by atoms with Gasteiger partial charge in [-0.2, -0.15) is 0 Å². The molecule has 0 spiro atoms. The van der Waals surface area contributed by atoms with Gasteiger partial charge in [-0.15, -0.1) is 0 Å². The third-order valence-corrected chi connectivity index (χ3v) is 4.29. The van der Waals surface area contributed by atoms with E-state index in [-0.39, 0.29) is 18.1 Å². The molecule has 2 aromatic rings. The molecule has 2 amide bonds. The van der Waals surface area contributed by atoms with Gasteiger partial charge in [0.25, 0.3) is 0 Å². The van der Waals surface area contributed by atoms with E-state index in [1.54, 1.807) is 4.90 Å². The lowest BCUT2D eigenvalue weighted by molar-refractivity contribution is 0.0981. The zero-order valence-electron chi connectivity index (χ0n) is 14.3. The number of amides is 2. The molecule has 0 aliphatic carbocycles. The maximum atomic E-state index is 12.9. The quantitative estimate of drug-likeness (QED) is 0.928. The monoisotopic (exact) mass is 344 g/mol. The molecule has 1 aliphatic heterocycles. The summed E-state index contributed by atoms with van der Waals surface area (Å²) in [7, 11) is 0. The molecular weight excluding hydrogens is 323 g/mol. The molecule has 1 fully saturated rings. The number of urea groups is 1. The number of rotatable bonds is 3. The minimum Gasteiger partial charge on any atom is -0.458 e. The molecule has 0 unspecified atom stereocenters. The summed E-state index contributed by atoms with van der Waals surface area (Å²) in [4.78, 5) is 21.8. The van der Waals surface area contributed by atoms with Gasteiger partial charge in [0.15, 0.2) is 5.82 Å². The first kappa shape index (κ1) is 17.1. The predicted molar refractivity (Wildman–Crippen MR) is 92.1 cm³/mol. The van der Waals surface area contributed by atoms with Crippen molar-refractivity contribution in [2.24, 2.45) is 0 Å². The van der Waals surface area contributed by atoms with Gasteiger partial charge in [-0.3, -0.25) is 0 Å². The Balaban J connectivity index is 1.59. The van der Waals surface area contributed by atoms with Crippen molar-refractivity contribution in [1.29, 1.82) is 0 Å². The Bertz CT molecular complexity index is 751. The third-order valence-electron chi connectivity index (χ3n) is 4.29. The zero-order valence-corrected chi connectivity index (χ0v) is 14.3. The number of carbonyl (C=O) groups excluding carboxylic acids is 1. The average Bonchev–Trinajstić information content (AvgIpc) is 2.60. The second kappa shape index (κ2) is 7.46. The molecule has 132 valence electrons. The molecule has 25 heavy (non-hydrogen) atoms. The van der Waals surface area contributed by atoms with Gasteiger partial charge in [-0.05, 0) is 49.9 Å². The Morgan fingerprint density at radius 1 is 1.28 bits per heavy atom. The molecule has 1 N–H and O–H groups in total. The van der Waals surface area contributed by atoms with Crippen LogP contribution in [0.5, 0.6) is 6.01 Å². The van der Waals surface area contributed by atoms with Crippen LogP contribution >= 0.6 is 0 Å². The number of ether oxygens (including phenoxy) is 1. The van der Waals surface area contributed by atoms with Crippen LogP contribution in [0.3, 0.4) is 0 Å². The Kier molecular flexibility index (Phi) is 5.11. The van der Waals surface area contributed by atoms with E-state index in [1.807, 2.05) is 32.0 Å². The van der Waals surface area contributed by atoms with Crippen LogP contribution in [0.2, 0.25) is 0 Å². The van der Waals surface area contributed by atoms with Crippen LogP contribution in [0.25, 0.3) is 0 Å². The van der Waals surface area contributed by atoms with Crippen LogP contribution in [0.4, 0.5) is 14.9 Å². The largest absolute Gasteiger partial charge is 0.458 e. The molecular formula is C18H21FN4O2. The number of carbonyl (C=O) groups is 1. The normalized spacial score (nSPS) is 17.2. The molecule has 3 rings (SSSR count). The van der Waals surface area contributed by atoms with E-state index >= 15 is 0 Å². The molecule has 0 radical (unpaired) electrons. The Labute approximate surface area is 146 Å². The highest BCUT2D eigenvalue weighted by atomic mass is 19.1. The van der Waals surface area contributed by atoms with Gasteiger partial charge < -0.3 is 15.0 Å². The van der Waals surface area contributed by atoms with Gasteiger partial charge in [0.2, 0.25) is 0 Å². The number of aromatic nitrogens is 2. The van der Waals surface area contributed by atoms with E-state index in [0.29, 0.717) is 13.1 Å². The molecule has 2 heterocycles. The number of nitrogens with zero attached hydrogens (tertiary/aromatic N) is 3. The number of nitrogens with one attached hydrogen (secondary N) is 1. The second-order valence-corrected chi connectivity index (χ2v) is 6.24. The Morgan fingerprint density at radius 3 is 2.76 bits per heavy atom. The van der Waals surface area contributed by atoms with Crippen molar-refractivity contribution in [3.8, 4) is 6.01 Å². The number of hydrogen-bond acceptors (Lipinski definition) is 4. The fourth-order valence-electron chi connectivity index (χ4n) is 2.75. The molecule has 1 aromatic carbocycles. The van der Waals surface area contributed by atoms with Crippen LogP contribution < -0.4 is 10.1 Å². The molecule has 7 heteroatoms. The Morgan fingerprint density at radius 2 is 2.04 bits per heavy atom. The lowest BCUT2D eigenvalue weighted by Crippen LogP contribution is -2.46. The lowest BCUT2D eigenvalue weighted by Gasteiger charge is -2.32. The summed E-state index contributed by atoms with van der Waals surface area (Å²) < 4.78 is 18.5. The molecule has 1 saturated heterocycles. The first-order valence-corrected chi connectivity index (χ1v) is 8.28. The maximum Gasteiger partial charge on any atom is 0.321 e. The summed E-state index contributed by atoms with van der Waals surface area (Å²) in [6.07, 6.45) is 3.55. The molecule has 6 nitrogen and oxygen atoms in total. The molecule has 0 bridgehead atoms. The van der Waals surface area contributed by atoms with Crippen LogP contribution in [0, 0.1) is 19.7 Å². The summed E-state index contributed by atoms with van der Waals surface area (Å²) in [6, 6.07) is 5.81. The molecule has 1 atom stereocenters. The van der Waals surface area contributed by atoms with Crippen molar-refractivity contribution < 1.29 is 13.9 Å². The van der Waals surface area contributed by atoms with E-state index < -0.39 is 5.82 Å². The maximum absolute atomic E-state index is 12.9. The van der Waals surface area contributed by atoms with Gasteiger partial charge in [0.05, 0.1) is 18.9 Å². The van der Waals surface area contributed by atoms with Crippen LogP contribution in [0.15, 0.2) is 30.6 Å². The first-order chi connectivity index (χ1) is 12.0. The molecule has 0 saturated carbocycles. The van der Waals surface area contributed by atoms with Crippen molar-refractivity contribution >= 4 is 11.7 Å². The van der Waals surface area contributed by atoms with Gasteiger partial charge in [-0.25, -0.2) is 19.2 Å². The van der Waals surface area contributed by atoms with Crippen molar-refractivity contribution in [3.05, 3.63) is 47.5 Å². The standard InChI is InChI=1S/C18H21FN4O2/c1-12-5-6-15(8-13(12)2)22-18(24)23-7-3-4-16(11-23)25-17-20-9-14(19)10-21-17/h5-6,8-10,16H,3-4,7,11H2,1-2H3,(H,22,24)/t16-/m1/s1. The highest BCUT2D eigenvalue weighted by Gasteiger charge is 2.25. The third kappa shape index (κ3) is 4.43. The fourth-order valence-corrected chi connectivity index (χ4v) is 2.75. The Hall–Kier alpha value is -2.70. The molecule has 1 aliphatic rings. The smallest absolute Gasteiger partial charge is 0.321 e. The van der Waals surface area contributed by atoms with E-state index in [1.165, 1.54) is 5.56 Å². The SMILES string of the molecule is Cc1ccc(NC(=O)N2CCC[C@@H](Oc3ncc(F)cn3)C2)cc1C. The summed E-state index contributed by atoms with van der Waals surface area (Å²) >= 11 is 0. The summed E-state index contributed by atoms with van der Waals surface area (Å²) in [6.45, 7) is 5.15. The van der Waals surface area contributed by atoms with Gasteiger partial charge >= 0.3 is 12.0 Å². The van der Waals surface area contributed by atoms with Crippen LogP contribution in [-0.4, -0.2) is 40.1 Å². The number of halogens is 1. The van der Waals surface area contributed by atoms with Crippen molar-refractivity contribution in [2.45, 2.75) is 32.8 Å². The number of likely N-dealkylation sites (tertiary alicyclic amines) is 1. The fraction of sp³-hybridized carbons (Fsp3) is 0.389. The van der Waals surface area contributed by atoms with E-state index in [4.69, 9.17) is 4.74 Å². The number of aryl methyl sites for hydroxylation is 2. The number of anilines is 1. The summed E-state index contributed by atoms with van der Waals surface area (Å²) in [5.41, 5.74) is 3.09. The number of piperidine rings is 1. The summed E-state index contributed by atoms with van der Waals surface area (Å²) in [5, 5.41) is 2.92. The molecule has 1 aromatic heterocycles. The highest BCUT2D eigenvalue weighted by Crippen LogP contribution is 2.18. The van der Waals surface area contributed by atoms with Crippen LogP contribution in [0.1, 0.15) is 24.0 Å². The van der Waals surface area contributed by atoms with Crippen molar-refractivity contribution in [3.63, 3.8) is 0 Å². The highest BCUT2D eigenvalue weighted by molar-refractivity contribution is 5.89. The zero-order chi connectivity index (χ0) is 17.8. The number of benzene rings is 1. The van der Waals surface area contributed by atoms with Gasteiger partial charge in [0.1, 0.15) is 6.10 Å². The first-order valence-electron chi connectivity index (χ1n) is 8.28. The minimum atomic E-state index is -0.509. The topological polar surface area (TPSA) is 67.4 Å². The van der Waals surface area contributed by atoms with E-state index in [9.17, 15) is 9.18 Å². The van der Waals surface area contributed by atoms with Crippen molar-refractivity contribution in [1.82, 2.24) is 14.9 Å². The van der Waals surface area contributed by atoms with E-state index in [0.717, 1.165) is 36.5 Å². The lowest BCUT2D eigenvalue weighted by atomic mass is 10.1. The minimum absolute atomic E-state index is 0.128. The van der Waals surface area contributed by atoms with Gasteiger partial charge in [-0.1, -0.05) is 6.07 Å². The van der Waals surface area contributed by atoms with E-state index in [2.05, 4.69) is 15.3 Å². The second-order valence-electron chi connectivity index (χ2n) is 6.24. The van der Waals surface area contributed by atoms with Crippen molar-refractivity contribution in [2.75, 3.05) is 18.4 Å². The predicted octanol–water partition coefficient (Wildman–Crippen LogP) is 3.31. The van der Waals surface area contributed by atoms with Gasteiger partial charge in [0, 0.05) is 12.2 Å².